The zero-order valence-corrected chi connectivity index (χ0v) is 17.1. The van der Waals surface area contributed by atoms with Gasteiger partial charge in [0, 0.05) is 6.54 Å². The van der Waals surface area contributed by atoms with Crippen molar-refractivity contribution in [2.45, 2.75) is 45.4 Å². The Hall–Kier alpha value is -2.86. The molecule has 0 aliphatic heterocycles. The van der Waals surface area contributed by atoms with Crippen molar-refractivity contribution in [1.82, 2.24) is 4.90 Å². The summed E-state index contributed by atoms with van der Waals surface area (Å²) in [6.07, 6.45) is -1.67. The second kappa shape index (κ2) is 10.1. The quantitative estimate of drug-likeness (QED) is 0.706. The zero-order chi connectivity index (χ0) is 21.4. The largest absolute Gasteiger partial charge is 0.481 e. The molecule has 2 N–H and O–H groups in total. The number of aliphatic carboxylic acids is 1. The lowest BCUT2D eigenvalue weighted by Crippen LogP contribution is -2.44. The number of benzene rings is 2. The molecule has 0 unspecified atom stereocenters. The fraction of sp³-hybridized carbons (Fsp3) is 0.391. The van der Waals surface area contributed by atoms with Gasteiger partial charge in [-0.1, -0.05) is 60.7 Å². The first-order chi connectivity index (χ1) is 13.7. The van der Waals surface area contributed by atoms with Crippen LogP contribution in [-0.4, -0.2) is 45.4 Å². The lowest BCUT2D eigenvalue weighted by atomic mass is 9.93. The normalized spacial score (nSPS) is 13.4. The number of nitrogens with zero attached hydrogens (tertiary/aromatic N) is 1. The number of aliphatic hydroxyl groups excluding tert-OH is 1. The smallest absolute Gasteiger partial charge is 0.410 e. The first-order valence-electron chi connectivity index (χ1n) is 9.62. The van der Waals surface area contributed by atoms with E-state index in [2.05, 4.69) is 0 Å². The standard InChI is InChI=1S/C23H29NO5/c1-23(2,3)29-22(28)24(15-18-12-8-5-9-13-18)16-20(25)19(21(26)27)14-17-10-6-4-7-11-17/h4-13,19-20,25H,14-16H2,1-3H3,(H,26,27)/t19-,20-/m0/s1. The Labute approximate surface area is 171 Å². The van der Waals surface area contributed by atoms with Gasteiger partial charge in [0.05, 0.1) is 18.6 Å². The molecule has 0 bridgehead atoms. The van der Waals surface area contributed by atoms with Crippen molar-refractivity contribution in [1.29, 1.82) is 0 Å². The van der Waals surface area contributed by atoms with E-state index in [0.717, 1.165) is 11.1 Å². The summed E-state index contributed by atoms with van der Waals surface area (Å²) in [7, 11) is 0. The molecule has 0 saturated carbocycles. The molecule has 0 spiro atoms. The average Bonchev–Trinajstić information content (AvgIpc) is 2.65. The fourth-order valence-corrected chi connectivity index (χ4v) is 2.94. The van der Waals surface area contributed by atoms with E-state index in [4.69, 9.17) is 4.74 Å². The van der Waals surface area contributed by atoms with Crippen molar-refractivity contribution in [3.63, 3.8) is 0 Å². The number of aliphatic hydroxyl groups is 1. The van der Waals surface area contributed by atoms with Crippen LogP contribution >= 0.6 is 0 Å². The Kier molecular flexibility index (Phi) is 7.79. The molecule has 0 fully saturated rings. The van der Waals surface area contributed by atoms with E-state index in [1.54, 1.807) is 20.8 Å². The Bertz CT molecular complexity index is 786. The van der Waals surface area contributed by atoms with E-state index < -0.39 is 29.7 Å². The van der Waals surface area contributed by atoms with Gasteiger partial charge in [0.2, 0.25) is 0 Å². The minimum Gasteiger partial charge on any atom is -0.481 e. The van der Waals surface area contributed by atoms with Gasteiger partial charge in [0.15, 0.2) is 0 Å². The SMILES string of the molecule is CC(C)(C)OC(=O)N(Cc1ccccc1)C[C@H](O)[C@H](Cc1ccccc1)C(=O)O. The van der Waals surface area contributed by atoms with E-state index >= 15 is 0 Å². The molecule has 156 valence electrons. The number of carbonyl (C=O) groups is 2. The van der Waals surface area contributed by atoms with Crippen LogP contribution in [0.2, 0.25) is 0 Å². The summed E-state index contributed by atoms with van der Waals surface area (Å²) in [5, 5.41) is 20.3. The van der Waals surface area contributed by atoms with Gasteiger partial charge in [0.25, 0.3) is 0 Å². The van der Waals surface area contributed by atoms with Crippen LogP contribution in [0.3, 0.4) is 0 Å². The first kappa shape index (κ1) is 22.4. The summed E-state index contributed by atoms with van der Waals surface area (Å²) in [4.78, 5) is 25.8. The van der Waals surface area contributed by atoms with Gasteiger partial charge in [0.1, 0.15) is 5.60 Å². The first-order valence-corrected chi connectivity index (χ1v) is 9.62. The summed E-state index contributed by atoms with van der Waals surface area (Å²) < 4.78 is 5.46. The summed E-state index contributed by atoms with van der Waals surface area (Å²) in [6.45, 7) is 5.35. The van der Waals surface area contributed by atoms with E-state index in [9.17, 15) is 19.8 Å². The average molecular weight is 399 g/mol. The molecule has 0 aliphatic carbocycles. The van der Waals surface area contributed by atoms with Crippen molar-refractivity contribution in [2.75, 3.05) is 6.54 Å². The predicted molar refractivity (Wildman–Crippen MR) is 110 cm³/mol. The van der Waals surface area contributed by atoms with Crippen molar-refractivity contribution < 1.29 is 24.5 Å². The highest BCUT2D eigenvalue weighted by Crippen LogP contribution is 2.18. The lowest BCUT2D eigenvalue weighted by molar-refractivity contribution is -0.146. The molecule has 0 saturated heterocycles. The van der Waals surface area contributed by atoms with Crippen LogP contribution in [0.4, 0.5) is 4.79 Å². The number of hydrogen-bond donors (Lipinski definition) is 2. The maximum absolute atomic E-state index is 12.7. The molecular formula is C23H29NO5. The van der Waals surface area contributed by atoms with Crippen LogP contribution in [0.25, 0.3) is 0 Å². The zero-order valence-electron chi connectivity index (χ0n) is 17.1. The molecule has 2 aromatic carbocycles. The van der Waals surface area contributed by atoms with Crippen LogP contribution in [0.5, 0.6) is 0 Å². The lowest BCUT2D eigenvalue weighted by Gasteiger charge is -2.30. The molecule has 1 amide bonds. The third-order valence-electron chi connectivity index (χ3n) is 4.36. The van der Waals surface area contributed by atoms with Gasteiger partial charge < -0.3 is 19.8 Å². The summed E-state index contributed by atoms with van der Waals surface area (Å²) in [5.74, 6) is -2.15. The Morgan fingerprint density at radius 1 is 0.966 bits per heavy atom. The molecule has 6 nitrogen and oxygen atoms in total. The molecule has 2 rings (SSSR count). The molecule has 0 aliphatic rings. The monoisotopic (exact) mass is 399 g/mol. The fourth-order valence-electron chi connectivity index (χ4n) is 2.94. The molecule has 29 heavy (non-hydrogen) atoms. The van der Waals surface area contributed by atoms with E-state index in [0.29, 0.717) is 0 Å². The summed E-state index contributed by atoms with van der Waals surface area (Å²) >= 11 is 0. The van der Waals surface area contributed by atoms with Crippen molar-refractivity contribution in [3.05, 3.63) is 71.8 Å². The molecule has 0 heterocycles. The Morgan fingerprint density at radius 2 is 1.48 bits per heavy atom. The minimum absolute atomic E-state index is 0.145. The Morgan fingerprint density at radius 3 is 1.97 bits per heavy atom. The van der Waals surface area contributed by atoms with E-state index in [1.807, 2.05) is 60.7 Å². The van der Waals surface area contributed by atoms with E-state index in [-0.39, 0.29) is 19.5 Å². The van der Waals surface area contributed by atoms with Gasteiger partial charge in [-0.25, -0.2) is 4.79 Å². The van der Waals surface area contributed by atoms with Crippen LogP contribution in [-0.2, 0) is 22.5 Å². The van der Waals surface area contributed by atoms with E-state index in [1.165, 1.54) is 4.90 Å². The van der Waals surface area contributed by atoms with Crippen LogP contribution in [0.1, 0.15) is 31.9 Å². The molecule has 2 aromatic rings. The number of amides is 1. The number of carboxylic acid groups (broad SMARTS) is 1. The molecular weight excluding hydrogens is 370 g/mol. The second-order valence-electron chi connectivity index (χ2n) is 8.05. The van der Waals surface area contributed by atoms with Crippen molar-refractivity contribution in [2.24, 2.45) is 5.92 Å². The maximum Gasteiger partial charge on any atom is 0.410 e. The van der Waals surface area contributed by atoms with Gasteiger partial charge >= 0.3 is 12.1 Å². The van der Waals surface area contributed by atoms with Crippen LogP contribution in [0.15, 0.2) is 60.7 Å². The molecule has 0 aromatic heterocycles. The van der Waals surface area contributed by atoms with Gasteiger partial charge in [-0.3, -0.25) is 4.79 Å². The highest BCUT2D eigenvalue weighted by molar-refractivity contribution is 5.72. The highest BCUT2D eigenvalue weighted by Gasteiger charge is 2.31. The maximum atomic E-state index is 12.7. The third kappa shape index (κ3) is 7.58. The minimum atomic E-state index is -1.25. The van der Waals surface area contributed by atoms with Crippen molar-refractivity contribution in [3.8, 4) is 0 Å². The molecule has 2 atom stereocenters. The number of rotatable bonds is 8. The topological polar surface area (TPSA) is 87.1 Å². The third-order valence-corrected chi connectivity index (χ3v) is 4.36. The Balaban J connectivity index is 2.17. The number of ether oxygens (including phenoxy) is 1. The molecule has 6 heteroatoms. The van der Waals surface area contributed by atoms with Gasteiger partial charge in [-0.05, 0) is 38.3 Å². The van der Waals surface area contributed by atoms with Crippen molar-refractivity contribution >= 4 is 12.1 Å². The summed E-state index contributed by atoms with van der Waals surface area (Å²) in [6, 6.07) is 18.4. The van der Waals surface area contributed by atoms with Crippen LogP contribution in [0, 0.1) is 5.92 Å². The second-order valence-corrected chi connectivity index (χ2v) is 8.05. The number of hydrogen-bond acceptors (Lipinski definition) is 4. The number of carbonyl (C=O) groups excluding carboxylic acids is 1. The predicted octanol–water partition coefficient (Wildman–Crippen LogP) is 3.73. The molecule has 0 radical (unpaired) electrons. The van der Waals surface area contributed by atoms with Gasteiger partial charge in [-0.15, -0.1) is 0 Å². The summed E-state index contributed by atoms with van der Waals surface area (Å²) in [5.41, 5.74) is 0.971. The van der Waals surface area contributed by atoms with Gasteiger partial charge in [-0.2, -0.15) is 0 Å². The van der Waals surface area contributed by atoms with Crippen LogP contribution < -0.4 is 0 Å². The number of carboxylic acids is 1. The highest BCUT2D eigenvalue weighted by atomic mass is 16.6.